The number of carbonyl (C=O) groups excluding carboxylic acids is 1. The zero-order chi connectivity index (χ0) is 20.2. The van der Waals surface area contributed by atoms with Crippen molar-refractivity contribution in [2.45, 2.75) is 19.9 Å². The minimum absolute atomic E-state index is 0.0461. The standard InChI is InChI=1S/C23H25N3O3/c1-3-29-20-10-6-18(7-11-20)23(27)25-13-12-22-24-16-21(26(22)15-14-25)17-4-8-19(28-2)9-5-17/h4-11,16H,3,12-15H2,1-2H3. The molecule has 2 aromatic carbocycles. The molecule has 0 saturated carbocycles. The molecule has 6 heteroatoms. The number of fused-ring (bicyclic) bond motifs is 1. The number of imidazole rings is 1. The molecule has 6 nitrogen and oxygen atoms in total. The molecule has 150 valence electrons. The number of hydrogen-bond acceptors (Lipinski definition) is 4. The highest BCUT2D eigenvalue weighted by Crippen LogP contribution is 2.25. The largest absolute Gasteiger partial charge is 0.497 e. The molecule has 0 aliphatic carbocycles. The van der Waals surface area contributed by atoms with Gasteiger partial charge in [-0.3, -0.25) is 4.79 Å². The van der Waals surface area contributed by atoms with Crippen LogP contribution in [-0.2, 0) is 13.0 Å². The lowest BCUT2D eigenvalue weighted by Gasteiger charge is -2.20. The third kappa shape index (κ3) is 3.97. The molecule has 29 heavy (non-hydrogen) atoms. The summed E-state index contributed by atoms with van der Waals surface area (Å²) < 4.78 is 12.9. The zero-order valence-corrected chi connectivity index (χ0v) is 16.8. The molecule has 0 bridgehead atoms. The second-order valence-corrected chi connectivity index (χ2v) is 6.94. The summed E-state index contributed by atoms with van der Waals surface area (Å²) in [6.45, 7) is 4.59. The van der Waals surface area contributed by atoms with Crippen molar-refractivity contribution in [3.05, 3.63) is 66.1 Å². The fourth-order valence-electron chi connectivity index (χ4n) is 3.67. The smallest absolute Gasteiger partial charge is 0.253 e. The van der Waals surface area contributed by atoms with Gasteiger partial charge >= 0.3 is 0 Å². The van der Waals surface area contributed by atoms with E-state index in [-0.39, 0.29) is 5.91 Å². The van der Waals surface area contributed by atoms with E-state index in [0.717, 1.165) is 41.5 Å². The van der Waals surface area contributed by atoms with Crippen LogP contribution in [0.15, 0.2) is 54.7 Å². The molecule has 1 aromatic heterocycles. The van der Waals surface area contributed by atoms with Crippen LogP contribution in [0.5, 0.6) is 11.5 Å². The maximum atomic E-state index is 13.0. The van der Waals surface area contributed by atoms with Gasteiger partial charge < -0.3 is 18.9 Å². The Kier molecular flexibility index (Phi) is 5.51. The van der Waals surface area contributed by atoms with Crippen molar-refractivity contribution in [2.75, 3.05) is 26.8 Å². The van der Waals surface area contributed by atoms with E-state index in [1.165, 1.54) is 0 Å². The highest BCUT2D eigenvalue weighted by atomic mass is 16.5. The van der Waals surface area contributed by atoms with Crippen LogP contribution in [0.2, 0.25) is 0 Å². The van der Waals surface area contributed by atoms with E-state index < -0.39 is 0 Å². The minimum atomic E-state index is 0.0461. The fourth-order valence-corrected chi connectivity index (χ4v) is 3.67. The predicted molar refractivity (Wildman–Crippen MR) is 111 cm³/mol. The number of rotatable bonds is 5. The normalized spacial score (nSPS) is 13.5. The molecule has 1 aliphatic rings. The first-order valence-electron chi connectivity index (χ1n) is 9.90. The fraction of sp³-hybridized carbons (Fsp3) is 0.304. The van der Waals surface area contributed by atoms with Crippen LogP contribution in [0.25, 0.3) is 11.3 Å². The molecule has 0 unspecified atom stereocenters. The van der Waals surface area contributed by atoms with E-state index in [1.54, 1.807) is 7.11 Å². The maximum absolute atomic E-state index is 13.0. The van der Waals surface area contributed by atoms with Crippen molar-refractivity contribution >= 4 is 5.91 Å². The van der Waals surface area contributed by atoms with Crippen molar-refractivity contribution in [1.29, 1.82) is 0 Å². The first-order valence-corrected chi connectivity index (χ1v) is 9.90. The quantitative estimate of drug-likeness (QED) is 0.666. The third-order valence-corrected chi connectivity index (χ3v) is 5.22. The molecule has 1 amide bonds. The summed E-state index contributed by atoms with van der Waals surface area (Å²) in [6, 6.07) is 15.3. The molecule has 0 atom stereocenters. The van der Waals surface area contributed by atoms with Gasteiger partial charge in [0.05, 0.1) is 25.6 Å². The van der Waals surface area contributed by atoms with Crippen molar-refractivity contribution < 1.29 is 14.3 Å². The van der Waals surface area contributed by atoms with Gasteiger partial charge in [-0.15, -0.1) is 0 Å². The Hall–Kier alpha value is -3.28. The van der Waals surface area contributed by atoms with Gasteiger partial charge in [-0.05, 0) is 55.5 Å². The minimum Gasteiger partial charge on any atom is -0.497 e. The van der Waals surface area contributed by atoms with Crippen LogP contribution < -0.4 is 9.47 Å². The number of aromatic nitrogens is 2. The van der Waals surface area contributed by atoms with Crippen LogP contribution in [0.4, 0.5) is 0 Å². The molecule has 2 heterocycles. The molecule has 0 spiro atoms. The number of ether oxygens (including phenoxy) is 2. The van der Waals surface area contributed by atoms with Gasteiger partial charge in [0.15, 0.2) is 0 Å². The maximum Gasteiger partial charge on any atom is 0.253 e. The molecule has 0 saturated heterocycles. The Labute approximate surface area is 170 Å². The topological polar surface area (TPSA) is 56.6 Å². The Bertz CT molecular complexity index is 978. The zero-order valence-electron chi connectivity index (χ0n) is 16.8. The number of hydrogen-bond donors (Lipinski definition) is 0. The van der Waals surface area contributed by atoms with Crippen molar-refractivity contribution in [1.82, 2.24) is 14.5 Å². The van der Waals surface area contributed by atoms with Crippen molar-refractivity contribution in [3.8, 4) is 22.8 Å². The molecular formula is C23H25N3O3. The van der Waals surface area contributed by atoms with Gasteiger partial charge in [0.25, 0.3) is 5.91 Å². The lowest BCUT2D eigenvalue weighted by atomic mass is 10.1. The number of benzene rings is 2. The van der Waals surface area contributed by atoms with E-state index in [0.29, 0.717) is 25.3 Å². The number of nitrogens with zero attached hydrogens (tertiary/aromatic N) is 3. The van der Waals surface area contributed by atoms with E-state index in [4.69, 9.17) is 9.47 Å². The predicted octanol–water partition coefficient (Wildman–Crippen LogP) is 3.66. The van der Waals surface area contributed by atoms with Crippen LogP contribution in [0.1, 0.15) is 23.1 Å². The second kappa shape index (κ2) is 8.39. The molecule has 0 N–H and O–H groups in total. The summed E-state index contributed by atoms with van der Waals surface area (Å²) in [5.74, 6) is 2.67. The SMILES string of the molecule is CCOc1ccc(C(=O)N2CCc3ncc(-c4ccc(OC)cc4)n3CC2)cc1. The number of methoxy groups -OCH3 is 1. The molecule has 3 aromatic rings. The van der Waals surface area contributed by atoms with Gasteiger partial charge in [-0.25, -0.2) is 4.98 Å². The van der Waals surface area contributed by atoms with Gasteiger partial charge in [-0.1, -0.05) is 0 Å². The summed E-state index contributed by atoms with van der Waals surface area (Å²) in [6.07, 6.45) is 2.65. The highest BCUT2D eigenvalue weighted by molar-refractivity contribution is 5.94. The summed E-state index contributed by atoms with van der Waals surface area (Å²) in [7, 11) is 1.66. The average molecular weight is 391 g/mol. The van der Waals surface area contributed by atoms with E-state index in [9.17, 15) is 4.79 Å². The van der Waals surface area contributed by atoms with E-state index in [1.807, 2.05) is 66.6 Å². The Morgan fingerprint density at radius 3 is 2.41 bits per heavy atom. The monoisotopic (exact) mass is 391 g/mol. The number of carbonyl (C=O) groups is 1. The van der Waals surface area contributed by atoms with Gasteiger partial charge in [0.2, 0.25) is 0 Å². The summed E-state index contributed by atoms with van der Waals surface area (Å²) >= 11 is 0. The highest BCUT2D eigenvalue weighted by Gasteiger charge is 2.22. The van der Waals surface area contributed by atoms with Crippen LogP contribution in [-0.4, -0.2) is 47.2 Å². The molecule has 0 radical (unpaired) electrons. The van der Waals surface area contributed by atoms with Gasteiger partial charge in [0.1, 0.15) is 17.3 Å². The summed E-state index contributed by atoms with van der Waals surface area (Å²) in [4.78, 5) is 19.5. The Balaban J connectivity index is 1.49. The third-order valence-electron chi connectivity index (χ3n) is 5.22. The Morgan fingerprint density at radius 2 is 1.72 bits per heavy atom. The second-order valence-electron chi connectivity index (χ2n) is 6.94. The first kappa shape index (κ1) is 19.1. The van der Waals surface area contributed by atoms with Crippen molar-refractivity contribution in [3.63, 3.8) is 0 Å². The van der Waals surface area contributed by atoms with Crippen LogP contribution in [0.3, 0.4) is 0 Å². The Morgan fingerprint density at radius 1 is 1.00 bits per heavy atom. The molecular weight excluding hydrogens is 366 g/mol. The molecule has 0 fully saturated rings. The van der Waals surface area contributed by atoms with Gasteiger partial charge in [0, 0.05) is 37.2 Å². The molecule has 4 rings (SSSR count). The molecule has 1 aliphatic heterocycles. The summed E-state index contributed by atoms with van der Waals surface area (Å²) in [5.41, 5.74) is 2.84. The van der Waals surface area contributed by atoms with Crippen molar-refractivity contribution in [2.24, 2.45) is 0 Å². The van der Waals surface area contributed by atoms with E-state index >= 15 is 0 Å². The lowest BCUT2D eigenvalue weighted by Crippen LogP contribution is -2.33. The van der Waals surface area contributed by atoms with Crippen LogP contribution >= 0.6 is 0 Å². The number of amides is 1. The first-order chi connectivity index (χ1) is 14.2. The lowest BCUT2D eigenvalue weighted by molar-refractivity contribution is 0.0759. The summed E-state index contributed by atoms with van der Waals surface area (Å²) in [5, 5.41) is 0. The average Bonchev–Trinajstić information content (AvgIpc) is 3.05. The van der Waals surface area contributed by atoms with Gasteiger partial charge in [-0.2, -0.15) is 0 Å². The van der Waals surface area contributed by atoms with Crippen LogP contribution in [0, 0.1) is 0 Å². The van der Waals surface area contributed by atoms with E-state index in [2.05, 4.69) is 9.55 Å².